The molecule has 0 amide bonds. The molecule has 0 aliphatic heterocycles. The first-order chi connectivity index (χ1) is 52.9. The van der Waals surface area contributed by atoms with Crippen molar-refractivity contribution in [2.75, 3.05) is 39.6 Å². The van der Waals surface area contributed by atoms with Gasteiger partial charge >= 0.3 is 39.5 Å². The van der Waals surface area contributed by atoms with E-state index in [0.29, 0.717) is 31.6 Å². The Morgan fingerprint density at radius 3 is 0.624 bits per heavy atom. The normalized spacial score (nSPS) is 13.8. The number of hydrogen-bond acceptors (Lipinski definition) is 15. The molecule has 0 spiro atoms. The van der Waals surface area contributed by atoms with Crippen LogP contribution in [0.4, 0.5) is 0 Å². The molecule has 109 heavy (non-hydrogen) atoms. The fourth-order valence-electron chi connectivity index (χ4n) is 14.1. The molecule has 0 aromatic rings. The van der Waals surface area contributed by atoms with E-state index in [1.54, 1.807) is 0 Å². The lowest BCUT2D eigenvalue weighted by atomic mass is 10.0. The van der Waals surface area contributed by atoms with Gasteiger partial charge in [0.2, 0.25) is 0 Å². The van der Waals surface area contributed by atoms with Gasteiger partial charge in [-0.3, -0.25) is 37.3 Å². The van der Waals surface area contributed by atoms with Gasteiger partial charge in [-0.25, -0.2) is 9.13 Å². The molecule has 2 unspecified atom stereocenters. The molecule has 0 aliphatic rings. The second-order valence-electron chi connectivity index (χ2n) is 33.3. The molecule has 0 rings (SSSR count). The molecular formula is C90H176O17P2. The Kier molecular flexibility index (Phi) is 79.8. The molecule has 17 nitrogen and oxygen atoms in total. The second kappa shape index (κ2) is 81.2. The fourth-order valence-corrected chi connectivity index (χ4v) is 15.7. The standard InChI is InChI=1S/C90H176O17P2/c1-7-9-11-13-15-17-19-21-23-25-27-28-29-30-32-38-42-46-50-56-63-68-74-89(94)106-85(78-100-87(92)72-66-60-54-48-44-40-36-34-33-35-39-43-47-52-58-64-70-82(3)4)80-104-108(96,97)102-76-84(91)77-103-109(98,99)105-81-86(79-101-88(93)73-67-61-57-51-53-59-65-71-83(5)6)107-90(95)75-69-62-55-49-45-41-37-31-26-24-22-20-18-16-14-12-10-8-2/h82-86,91H,7-81H2,1-6H3,(H,96,97)(H,98,99)/t84-,85-,86-/m1/s1. The molecule has 0 aromatic carbocycles. The topological polar surface area (TPSA) is 237 Å². The lowest BCUT2D eigenvalue weighted by molar-refractivity contribution is -0.161. The minimum atomic E-state index is -4.97. The predicted octanol–water partition coefficient (Wildman–Crippen LogP) is 27.8. The van der Waals surface area contributed by atoms with Crippen molar-refractivity contribution in [3.63, 3.8) is 0 Å². The summed E-state index contributed by atoms with van der Waals surface area (Å²) < 4.78 is 69.0. The summed E-state index contributed by atoms with van der Waals surface area (Å²) in [5.74, 6) is -0.582. The number of esters is 4. The van der Waals surface area contributed by atoms with Gasteiger partial charge in [0.25, 0.3) is 0 Å². The van der Waals surface area contributed by atoms with Crippen molar-refractivity contribution in [2.24, 2.45) is 11.8 Å². The Morgan fingerprint density at radius 1 is 0.248 bits per heavy atom. The largest absolute Gasteiger partial charge is 0.472 e. The van der Waals surface area contributed by atoms with E-state index < -0.39 is 97.5 Å². The van der Waals surface area contributed by atoms with E-state index in [0.717, 1.165) is 102 Å². The Hall–Kier alpha value is -1.94. The van der Waals surface area contributed by atoms with Gasteiger partial charge in [-0.1, -0.05) is 433 Å². The summed E-state index contributed by atoms with van der Waals surface area (Å²) in [6.45, 7) is 9.67. The maximum atomic E-state index is 13.2. The highest BCUT2D eigenvalue weighted by Crippen LogP contribution is 2.45. The molecule has 648 valence electrons. The number of carbonyl (C=O) groups is 4. The molecule has 0 heterocycles. The summed E-state index contributed by atoms with van der Waals surface area (Å²) in [5, 5.41) is 10.7. The summed E-state index contributed by atoms with van der Waals surface area (Å²) in [6, 6.07) is 0. The highest BCUT2D eigenvalue weighted by molar-refractivity contribution is 7.47. The summed E-state index contributed by atoms with van der Waals surface area (Å²) in [5.41, 5.74) is 0. The van der Waals surface area contributed by atoms with Crippen LogP contribution in [0.15, 0.2) is 0 Å². The van der Waals surface area contributed by atoms with Crippen LogP contribution in [0.25, 0.3) is 0 Å². The molecule has 5 atom stereocenters. The van der Waals surface area contributed by atoms with Crippen LogP contribution in [-0.4, -0.2) is 96.7 Å². The molecule has 3 N–H and O–H groups in total. The van der Waals surface area contributed by atoms with E-state index in [4.69, 9.17) is 37.0 Å². The summed E-state index contributed by atoms with van der Waals surface area (Å²) >= 11 is 0. The third-order valence-corrected chi connectivity index (χ3v) is 23.1. The van der Waals surface area contributed by atoms with E-state index in [2.05, 4.69) is 41.5 Å². The first kappa shape index (κ1) is 107. The zero-order valence-electron chi connectivity index (χ0n) is 71.9. The summed E-state index contributed by atoms with van der Waals surface area (Å²) in [4.78, 5) is 73.3. The first-order valence-corrected chi connectivity index (χ1v) is 49.5. The zero-order chi connectivity index (χ0) is 79.9. The molecular weight excluding hydrogens is 1410 g/mol. The van der Waals surface area contributed by atoms with Gasteiger partial charge in [0.15, 0.2) is 12.2 Å². The number of ether oxygens (including phenoxy) is 4. The predicted molar refractivity (Wildman–Crippen MR) is 451 cm³/mol. The second-order valence-corrected chi connectivity index (χ2v) is 36.2. The average molecular weight is 1590 g/mol. The molecule has 0 saturated heterocycles. The highest BCUT2D eigenvalue weighted by Gasteiger charge is 2.31. The van der Waals surface area contributed by atoms with Crippen molar-refractivity contribution in [3.8, 4) is 0 Å². The number of phosphoric acid groups is 2. The smallest absolute Gasteiger partial charge is 0.462 e. The van der Waals surface area contributed by atoms with Crippen molar-refractivity contribution >= 4 is 39.5 Å². The van der Waals surface area contributed by atoms with Crippen LogP contribution in [0.1, 0.15) is 485 Å². The summed E-state index contributed by atoms with van der Waals surface area (Å²) in [7, 11) is -9.93. The van der Waals surface area contributed by atoms with E-state index >= 15 is 0 Å². The minimum absolute atomic E-state index is 0.108. The number of hydrogen-bond donors (Lipinski definition) is 3. The van der Waals surface area contributed by atoms with E-state index in [-0.39, 0.29) is 25.7 Å². The molecule has 0 aromatic heterocycles. The Balaban J connectivity index is 5.21. The van der Waals surface area contributed by atoms with Crippen molar-refractivity contribution in [1.29, 1.82) is 0 Å². The van der Waals surface area contributed by atoms with Crippen molar-refractivity contribution in [3.05, 3.63) is 0 Å². The van der Waals surface area contributed by atoms with Crippen LogP contribution < -0.4 is 0 Å². The summed E-state index contributed by atoms with van der Waals surface area (Å²) in [6.07, 6.45) is 75.3. The quantitative estimate of drug-likeness (QED) is 0.0222. The number of rotatable bonds is 89. The monoisotopic (exact) mass is 1590 g/mol. The average Bonchev–Trinajstić information content (AvgIpc) is 0.898. The van der Waals surface area contributed by atoms with Gasteiger partial charge in [0.1, 0.15) is 19.3 Å². The Morgan fingerprint density at radius 2 is 0.422 bits per heavy atom. The number of unbranched alkanes of at least 4 members (excludes halogenated alkanes) is 59. The third kappa shape index (κ3) is 83.8. The lowest BCUT2D eigenvalue weighted by Crippen LogP contribution is -2.30. The number of aliphatic hydroxyl groups is 1. The van der Waals surface area contributed by atoms with Crippen LogP contribution in [0.5, 0.6) is 0 Å². The van der Waals surface area contributed by atoms with Gasteiger partial charge in [-0.2, -0.15) is 0 Å². The molecule has 0 aliphatic carbocycles. The fraction of sp³-hybridized carbons (Fsp3) is 0.956. The number of phosphoric ester groups is 2. The van der Waals surface area contributed by atoms with Crippen LogP contribution in [0, 0.1) is 11.8 Å². The number of carbonyl (C=O) groups excluding carboxylic acids is 4. The van der Waals surface area contributed by atoms with Gasteiger partial charge in [-0.05, 0) is 37.5 Å². The number of aliphatic hydroxyl groups excluding tert-OH is 1. The van der Waals surface area contributed by atoms with Crippen LogP contribution in [0.3, 0.4) is 0 Å². The lowest BCUT2D eigenvalue weighted by Gasteiger charge is -2.21. The van der Waals surface area contributed by atoms with E-state index in [9.17, 15) is 43.2 Å². The van der Waals surface area contributed by atoms with Crippen LogP contribution >= 0.6 is 15.6 Å². The zero-order valence-corrected chi connectivity index (χ0v) is 73.7. The SMILES string of the molecule is CCCCCCCCCCCCCCCCCCCCCCCCC(=O)O[C@H](COC(=O)CCCCCCCCCCCCCCCCCCC(C)C)COP(=O)(O)OC[C@@H](O)COP(=O)(O)OC[C@@H](COC(=O)CCCCCCCCCC(C)C)OC(=O)CCCCCCCCCCCCCCCCCCCC. The molecule has 0 radical (unpaired) electrons. The van der Waals surface area contributed by atoms with Crippen LogP contribution in [0.2, 0.25) is 0 Å². The van der Waals surface area contributed by atoms with Gasteiger partial charge in [0.05, 0.1) is 26.4 Å². The molecule has 19 heteroatoms. The van der Waals surface area contributed by atoms with E-state index in [1.807, 2.05) is 0 Å². The van der Waals surface area contributed by atoms with E-state index in [1.165, 1.54) is 295 Å². The van der Waals surface area contributed by atoms with Crippen molar-refractivity contribution in [2.45, 2.75) is 503 Å². The van der Waals surface area contributed by atoms with Crippen LogP contribution in [-0.2, 0) is 65.4 Å². The maximum Gasteiger partial charge on any atom is 0.472 e. The Labute approximate surface area is 670 Å². The Bertz CT molecular complexity index is 2080. The third-order valence-electron chi connectivity index (χ3n) is 21.2. The highest BCUT2D eigenvalue weighted by atomic mass is 31.2. The van der Waals surface area contributed by atoms with Crippen molar-refractivity contribution in [1.82, 2.24) is 0 Å². The molecule has 0 fully saturated rings. The minimum Gasteiger partial charge on any atom is -0.462 e. The first-order valence-electron chi connectivity index (χ1n) is 46.5. The van der Waals surface area contributed by atoms with Gasteiger partial charge < -0.3 is 33.8 Å². The van der Waals surface area contributed by atoms with Gasteiger partial charge in [-0.15, -0.1) is 0 Å². The van der Waals surface area contributed by atoms with Gasteiger partial charge in [0, 0.05) is 25.7 Å². The maximum absolute atomic E-state index is 13.2. The molecule has 0 saturated carbocycles. The van der Waals surface area contributed by atoms with Crippen molar-refractivity contribution < 1.29 is 80.2 Å². The molecule has 0 bridgehead atoms.